The Morgan fingerprint density at radius 3 is 0.859 bits per heavy atom. The average Bonchev–Trinajstić information content (AvgIpc) is 3.37. The van der Waals surface area contributed by atoms with Gasteiger partial charge in [0.15, 0.2) is 6.10 Å². The van der Waals surface area contributed by atoms with Crippen molar-refractivity contribution >= 4 is 17.9 Å². The second-order valence-corrected chi connectivity index (χ2v) is 20.2. The normalized spacial score (nSPS) is 12.5. The summed E-state index contributed by atoms with van der Waals surface area (Å²) in [6, 6.07) is 0. The van der Waals surface area contributed by atoms with E-state index in [4.69, 9.17) is 14.2 Å². The van der Waals surface area contributed by atoms with Crippen LogP contribution in [0.1, 0.15) is 303 Å². The van der Waals surface area contributed by atoms with Crippen LogP contribution in [-0.4, -0.2) is 37.2 Å². The van der Waals surface area contributed by atoms with Gasteiger partial charge in [-0.25, -0.2) is 0 Å². The zero-order valence-electron chi connectivity index (χ0n) is 47.0. The van der Waals surface area contributed by atoms with Gasteiger partial charge in [-0.2, -0.15) is 0 Å². The maximum Gasteiger partial charge on any atom is 0.306 e. The molecule has 0 saturated heterocycles. The second kappa shape index (κ2) is 59.4. The number of unbranched alkanes of at least 4 members (excludes halogenated alkanes) is 32. The van der Waals surface area contributed by atoms with Crippen LogP contribution in [0.4, 0.5) is 0 Å². The maximum absolute atomic E-state index is 12.8. The lowest BCUT2D eigenvalue weighted by Gasteiger charge is -2.18. The zero-order chi connectivity index (χ0) is 51.4. The molecule has 0 aromatic heterocycles. The molecule has 6 nitrogen and oxygen atoms in total. The fourth-order valence-electron chi connectivity index (χ4n) is 8.68. The van der Waals surface area contributed by atoms with E-state index in [-0.39, 0.29) is 31.1 Å². The van der Waals surface area contributed by atoms with Crippen LogP contribution >= 0.6 is 0 Å². The van der Waals surface area contributed by atoms with Crippen LogP contribution in [0.2, 0.25) is 0 Å². The number of rotatable bonds is 55. The molecule has 0 aliphatic carbocycles. The predicted octanol–water partition coefficient (Wildman–Crippen LogP) is 20.5. The average molecular weight is 992 g/mol. The van der Waals surface area contributed by atoms with Gasteiger partial charge in [-0.15, -0.1) is 0 Å². The highest BCUT2D eigenvalue weighted by Crippen LogP contribution is 2.17. The Morgan fingerprint density at radius 2 is 0.549 bits per heavy atom. The molecule has 0 aliphatic heterocycles. The SMILES string of the molecule is CC/C=C\C/C=C\C/C=C\C/C=C\C/C=C\C/C=C\CCCCCCCCCCC(=O)OCC(COC(=O)CCCCCCC)OC(=O)CCCCCCCCCCCCCCCCCCCCCCC. The van der Waals surface area contributed by atoms with Crippen molar-refractivity contribution in [3.05, 3.63) is 72.9 Å². The lowest BCUT2D eigenvalue weighted by molar-refractivity contribution is -0.167. The minimum absolute atomic E-state index is 0.0759. The molecule has 0 bridgehead atoms. The predicted molar refractivity (Wildman–Crippen MR) is 307 cm³/mol. The number of carbonyl (C=O) groups is 3. The Hall–Kier alpha value is -3.15. The lowest BCUT2D eigenvalue weighted by atomic mass is 10.0. The van der Waals surface area contributed by atoms with Crippen LogP contribution in [0.15, 0.2) is 72.9 Å². The largest absolute Gasteiger partial charge is 0.462 e. The molecule has 0 amide bonds. The van der Waals surface area contributed by atoms with Crippen molar-refractivity contribution in [3.63, 3.8) is 0 Å². The topological polar surface area (TPSA) is 78.9 Å². The molecule has 1 unspecified atom stereocenters. The molecule has 0 fully saturated rings. The molecular weight excluding hydrogens is 877 g/mol. The van der Waals surface area contributed by atoms with Gasteiger partial charge in [0.1, 0.15) is 13.2 Å². The molecule has 0 rings (SSSR count). The Balaban J connectivity index is 4.07. The zero-order valence-corrected chi connectivity index (χ0v) is 47.0. The van der Waals surface area contributed by atoms with Crippen molar-refractivity contribution in [2.45, 2.75) is 309 Å². The highest BCUT2D eigenvalue weighted by atomic mass is 16.6. The smallest absolute Gasteiger partial charge is 0.306 e. The van der Waals surface area contributed by atoms with E-state index < -0.39 is 6.10 Å². The summed E-state index contributed by atoms with van der Waals surface area (Å²) < 4.78 is 16.8. The van der Waals surface area contributed by atoms with Gasteiger partial charge in [0.25, 0.3) is 0 Å². The Kier molecular flexibility index (Phi) is 56.8. The van der Waals surface area contributed by atoms with Gasteiger partial charge < -0.3 is 14.2 Å². The van der Waals surface area contributed by atoms with Crippen LogP contribution < -0.4 is 0 Å². The summed E-state index contributed by atoms with van der Waals surface area (Å²) in [4.78, 5) is 37.9. The molecule has 0 spiro atoms. The molecule has 1 atom stereocenters. The first kappa shape index (κ1) is 67.8. The highest BCUT2D eigenvalue weighted by Gasteiger charge is 2.19. The summed E-state index contributed by atoms with van der Waals surface area (Å²) in [5.41, 5.74) is 0. The van der Waals surface area contributed by atoms with E-state index in [1.54, 1.807) is 0 Å². The third-order valence-electron chi connectivity index (χ3n) is 13.2. The van der Waals surface area contributed by atoms with Crippen molar-refractivity contribution in [3.8, 4) is 0 Å². The van der Waals surface area contributed by atoms with E-state index in [1.165, 1.54) is 154 Å². The van der Waals surface area contributed by atoms with Crippen LogP contribution in [0.5, 0.6) is 0 Å². The molecule has 0 saturated carbocycles. The molecule has 71 heavy (non-hydrogen) atoms. The Labute approximate surface area is 440 Å². The third kappa shape index (κ3) is 57.6. The molecule has 0 aliphatic rings. The molecule has 0 heterocycles. The van der Waals surface area contributed by atoms with E-state index >= 15 is 0 Å². The third-order valence-corrected chi connectivity index (χ3v) is 13.2. The van der Waals surface area contributed by atoms with Gasteiger partial charge >= 0.3 is 17.9 Å². The van der Waals surface area contributed by atoms with Gasteiger partial charge in [0.05, 0.1) is 0 Å². The van der Waals surface area contributed by atoms with Crippen LogP contribution in [0.25, 0.3) is 0 Å². The summed E-state index contributed by atoms with van der Waals surface area (Å²) in [6.07, 6.45) is 76.6. The van der Waals surface area contributed by atoms with E-state index in [9.17, 15) is 14.4 Å². The summed E-state index contributed by atoms with van der Waals surface area (Å²) >= 11 is 0. The number of ether oxygens (including phenoxy) is 3. The van der Waals surface area contributed by atoms with Gasteiger partial charge in [-0.05, 0) is 70.6 Å². The minimum atomic E-state index is -0.773. The van der Waals surface area contributed by atoms with Crippen molar-refractivity contribution in [1.82, 2.24) is 0 Å². The molecule has 0 radical (unpaired) electrons. The maximum atomic E-state index is 12.8. The van der Waals surface area contributed by atoms with Gasteiger partial charge in [0.2, 0.25) is 0 Å². The Morgan fingerprint density at radius 1 is 0.296 bits per heavy atom. The highest BCUT2D eigenvalue weighted by molar-refractivity contribution is 5.71. The number of esters is 3. The monoisotopic (exact) mass is 991 g/mol. The van der Waals surface area contributed by atoms with Crippen LogP contribution in [0.3, 0.4) is 0 Å². The van der Waals surface area contributed by atoms with Crippen molar-refractivity contribution < 1.29 is 28.6 Å². The second-order valence-electron chi connectivity index (χ2n) is 20.2. The first-order valence-corrected chi connectivity index (χ1v) is 30.4. The standard InChI is InChI=1S/C65H114O6/c1-4-7-10-13-15-17-19-21-23-25-27-29-30-31-32-33-34-36-37-39-41-43-45-47-49-52-55-58-64(67)70-61-62(60-69-63(66)57-54-51-12-9-6-3)71-65(68)59-56-53-50-48-46-44-42-40-38-35-28-26-24-22-20-18-16-14-11-8-5-2/h7,10,15,17,21,23,27,29,31-32,34,36,62H,4-6,8-9,11-14,16,18-20,22,24-26,28,30,33,35,37-61H2,1-3H3/b10-7-,17-15-,23-21-,29-27-,32-31-,36-34-. The fraction of sp³-hybridized carbons (Fsp3) is 0.769. The molecule has 6 heteroatoms. The van der Waals surface area contributed by atoms with Gasteiger partial charge in [-0.1, -0.05) is 286 Å². The van der Waals surface area contributed by atoms with Gasteiger partial charge in [0, 0.05) is 19.3 Å². The molecule has 0 N–H and O–H groups in total. The van der Waals surface area contributed by atoms with Gasteiger partial charge in [-0.3, -0.25) is 14.4 Å². The van der Waals surface area contributed by atoms with Crippen molar-refractivity contribution in [1.29, 1.82) is 0 Å². The summed E-state index contributed by atoms with van der Waals surface area (Å²) in [6.45, 7) is 6.47. The van der Waals surface area contributed by atoms with Crippen molar-refractivity contribution in [2.24, 2.45) is 0 Å². The number of carbonyl (C=O) groups excluding carboxylic acids is 3. The van der Waals surface area contributed by atoms with Crippen LogP contribution in [-0.2, 0) is 28.6 Å². The summed E-state index contributed by atoms with van der Waals surface area (Å²) in [7, 11) is 0. The number of hydrogen-bond donors (Lipinski definition) is 0. The van der Waals surface area contributed by atoms with E-state index in [0.717, 1.165) is 109 Å². The van der Waals surface area contributed by atoms with E-state index in [2.05, 4.69) is 93.7 Å². The van der Waals surface area contributed by atoms with Crippen molar-refractivity contribution in [2.75, 3.05) is 13.2 Å². The number of allylic oxidation sites excluding steroid dienone is 12. The quantitative estimate of drug-likeness (QED) is 0.0261. The number of hydrogen-bond acceptors (Lipinski definition) is 6. The first-order valence-electron chi connectivity index (χ1n) is 30.4. The van der Waals surface area contributed by atoms with E-state index in [1.807, 2.05) is 0 Å². The molecule has 0 aromatic rings. The summed E-state index contributed by atoms with van der Waals surface area (Å²) in [5, 5.41) is 0. The van der Waals surface area contributed by atoms with Crippen LogP contribution in [0, 0.1) is 0 Å². The minimum Gasteiger partial charge on any atom is -0.462 e. The summed E-state index contributed by atoms with van der Waals surface area (Å²) in [5.74, 6) is -0.886. The van der Waals surface area contributed by atoms with E-state index in [0.29, 0.717) is 19.3 Å². The molecular formula is C65H114O6. The Bertz CT molecular complexity index is 1320. The molecule has 410 valence electrons. The fourth-order valence-corrected chi connectivity index (χ4v) is 8.68. The molecule has 0 aromatic carbocycles. The lowest BCUT2D eigenvalue weighted by Crippen LogP contribution is -2.30. The first-order chi connectivity index (χ1) is 35.0.